The fraction of sp³-hybridized carbons (Fsp3) is 0.0909. The van der Waals surface area contributed by atoms with Gasteiger partial charge >= 0.3 is 0 Å². The van der Waals surface area contributed by atoms with Crippen LogP contribution in [0, 0.1) is 5.82 Å². The molecule has 3 nitrogen and oxygen atoms in total. The van der Waals surface area contributed by atoms with Crippen molar-refractivity contribution in [1.29, 1.82) is 0 Å². The average molecular weight is 274 g/mol. The first kappa shape index (κ1) is 12.1. The maximum Gasteiger partial charge on any atom is 0.299 e. The minimum atomic E-state index is -0.804. The van der Waals surface area contributed by atoms with E-state index in [4.69, 9.17) is 23.2 Å². The first-order valence-corrected chi connectivity index (χ1v) is 5.47. The number of carbonyl (C=O) groups is 2. The SMILES string of the molecule is O=C1C(=O)N(CC(Cl)=CCl)c2c(F)cccc21. The Morgan fingerprint density at radius 2 is 2.12 bits per heavy atom. The Kier molecular flexibility index (Phi) is 3.17. The maximum absolute atomic E-state index is 13.6. The van der Waals surface area contributed by atoms with Crippen LogP contribution in [0.2, 0.25) is 0 Å². The molecule has 0 fully saturated rings. The number of anilines is 1. The van der Waals surface area contributed by atoms with Gasteiger partial charge < -0.3 is 0 Å². The molecule has 1 aliphatic heterocycles. The topological polar surface area (TPSA) is 37.4 Å². The van der Waals surface area contributed by atoms with E-state index in [0.717, 1.165) is 10.4 Å². The van der Waals surface area contributed by atoms with Crippen LogP contribution in [0.25, 0.3) is 0 Å². The van der Waals surface area contributed by atoms with E-state index in [1.165, 1.54) is 18.2 Å². The van der Waals surface area contributed by atoms with E-state index in [1.54, 1.807) is 0 Å². The standard InChI is InChI=1S/C11H6Cl2FNO2/c12-4-6(13)5-15-9-7(10(16)11(15)17)2-1-3-8(9)14/h1-4H,5H2. The summed E-state index contributed by atoms with van der Waals surface area (Å²) in [6.45, 7) is -0.121. The van der Waals surface area contributed by atoms with Crippen molar-refractivity contribution < 1.29 is 14.0 Å². The van der Waals surface area contributed by atoms with Crippen LogP contribution in [-0.4, -0.2) is 18.2 Å². The Hall–Kier alpha value is -1.39. The van der Waals surface area contributed by atoms with Crippen LogP contribution in [0.1, 0.15) is 10.4 Å². The molecule has 0 N–H and O–H groups in total. The molecule has 0 spiro atoms. The fourth-order valence-corrected chi connectivity index (χ4v) is 1.84. The molecular formula is C11H6Cl2FNO2. The van der Waals surface area contributed by atoms with Crippen molar-refractivity contribution in [3.63, 3.8) is 0 Å². The maximum atomic E-state index is 13.6. The highest BCUT2D eigenvalue weighted by Crippen LogP contribution is 2.32. The largest absolute Gasteiger partial charge is 0.299 e. The summed E-state index contributed by atoms with van der Waals surface area (Å²) in [5.74, 6) is -2.18. The summed E-state index contributed by atoms with van der Waals surface area (Å²) in [6, 6.07) is 3.95. The van der Waals surface area contributed by atoms with Crippen LogP contribution in [0.4, 0.5) is 10.1 Å². The summed E-state index contributed by atoms with van der Waals surface area (Å²) in [6.07, 6.45) is 0. The molecule has 0 radical (unpaired) electrons. The van der Waals surface area contributed by atoms with Crippen LogP contribution in [0.3, 0.4) is 0 Å². The monoisotopic (exact) mass is 273 g/mol. The van der Waals surface area contributed by atoms with E-state index in [0.29, 0.717) is 0 Å². The number of para-hydroxylation sites is 1. The smallest absolute Gasteiger partial charge is 0.297 e. The van der Waals surface area contributed by atoms with Gasteiger partial charge in [0.25, 0.3) is 11.7 Å². The minimum absolute atomic E-state index is 0.0424. The molecule has 2 rings (SSSR count). The van der Waals surface area contributed by atoms with Crippen molar-refractivity contribution in [2.75, 3.05) is 11.4 Å². The average Bonchev–Trinajstić information content (AvgIpc) is 2.56. The Morgan fingerprint density at radius 1 is 1.41 bits per heavy atom. The lowest BCUT2D eigenvalue weighted by molar-refractivity contribution is -0.114. The summed E-state index contributed by atoms with van der Waals surface area (Å²) in [4.78, 5) is 24.2. The molecule has 1 amide bonds. The van der Waals surface area contributed by atoms with Crippen LogP contribution in [0.15, 0.2) is 28.8 Å². The number of rotatable bonds is 2. The lowest BCUT2D eigenvalue weighted by atomic mass is 10.1. The zero-order valence-corrected chi connectivity index (χ0v) is 9.93. The van der Waals surface area contributed by atoms with Crippen LogP contribution in [-0.2, 0) is 4.79 Å². The second-order valence-electron chi connectivity index (χ2n) is 3.41. The van der Waals surface area contributed by atoms with E-state index < -0.39 is 17.5 Å². The molecule has 1 aliphatic rings. The van der Waals surface area contributed by atoms with E-state index >= 15 is 0 Å². The zero-order chi connectivity index (χ0) is 12.6. The van der Waals surface area contributed by atoms with E-state index in [1.807, 2.05) is 0 Å². The van der Waals surface area contributed by atoms with Crippen LogP contribution >= 0.6 is 23.2 Å². The number of amides is 1. The summed E-state index contributed by atoms with van der Waals surface area (Å²) < 4.78 is 13.6. The number of Topliss-reactive ketones (excluding diaryl/α,β-unsaturated/α-hetero) is 1. The quantitative estimate of drug-likeness (QED) is 0.777. The third kappa shape index (κ3) is 1.94. The molecule has 88 valence electrons. The summed E-state index contributed by atoms with van der Waals surface area (Å²) in [7, 11) is 0. The summed E-state index contributed by atoms with van der Waals surface area (Å²) in [5.41, 5.74) is 1.08. The first-order chi connectivity index (χ1) is 8.06. The molecular weight excluding hydrogens is 268 g/mol. The highest BCUT2D eigenvalue weighted by molar-refractivity contribution is 6.52. The van der Waals surface area contributed by atoms with Crippen molar-refractivity contribution in [3.8, 4) is 0 Å². The molecule has 1 aromatic rings. The number of hydrogen-bond donors (Lipinski definition) is 0. The fourth-order valence-electron chi connectivity index (χ4n) is 1.65. The minimum Gasteiger partial charge on any atom is -0.297 e. The highest BCUT2D eigenvalue weighted by atomic mass is 35.5. The molecule has 0 aromatic heterocycles. The van der Waals surface area contributed by atoms with Crippen LogP contribution in [0.5, 0.6) is 0 Å². The molecule has 0 unspecified atom stereocenters. The molecule has 0 bridgehead atoms. The zero-order valence-electron chi connectivity index (χ0n) is 8.41. The van der Waals surface area contributed by atoms with E-state index in [2.05, 4.69) is 0 Å². The van der Waals surface area contributed by atoms with Gasteiger partial charge in [-0.15, -0.1) is 0 Å². The van der Waals surface area contributed by atoms with Crippen molar-refractivity contribution in [1.82, 2.24) is 0 Å². The van der Waals surface area contributed by atoms with Gasteiger partial charge in [0.05, 0.1) is 17.8 Å². The third-order valence-corrected chi connectivity index (χ3v) is 2.97. The number of halogens is 3. The Balaban J connectivity index is 2.50. The van der Waals surface area contributed by atoms with Gasteiger partial charge in [-0.05, 0) is 12.1 Å². The molecule has 6 heteroatoms. The number of carbonyl (C=O) groups excluding carboxylic acids is 2. The Bertz CT molecular complexity index is 542. The van der Waals surface area contributed by atoms with Gasteiger partial charge in [-0.3, -0.25) is 14.5 Å². The molecule has 0 aliphatic carbocycles. The van der Waals surface area contributed by atoms with E-state index in [-0.39, 0.29) is 22.8 Å². The molecule has 0 saturated carbocycles. The Morgan fingerprint density at radius 3 is 2.76 bits per heavy atom. The normalized spacial score (nSPS) is 15.5. The van der Waals surface area contributed by atoms with Crippen molar-refractivity contribution in [2.24, 2.45) is 0 Å². The summed E-state index contributed by atoms with van der Waals surface area (Å²) >= 11 is 11.0. The highest BCUT2D eigenvalue weighted by Gasteiger charge is 2.37. The lowest BCUT2D eigenvalue weighted by Gasteiger charge is -2.15. The number of hydrogen-bond acceptors (Lipinski definition) is 2. The van der Waals surface area contributed by atoms with Crippen LogP contribution < -0.4 is 4.90 Å². The van der Waals surface area contributed by atoms with Crippen molar-refractivity contribution >= 4 is 40.6 Å². The predicted molar refractivity (Wildman–Crippen MR) is 62.9 cm³/mol. The molecule has 1 aromatic carbocycles. The van der Waals surface area contributed by atoms with Gasteiger partial charge in [0.15, 0.2) is 0 Å². The molecule has 1 heterocycles. The Labute approximate surface area is 106 Å². The van der Waals surface area contributed by atoms with Gasteiger partial charge in [-0.2, -0.15) is 0 Å². The van der Waals surface area contributed by atoms with Gasteiger partial charge in [0, 0.05) is 10.6 Å². The number of fused-ring (bicyclic) bond motifs is 1. The van der Waals surface area contributed by atoms with Gasteiger partial charge in [-0.25, -0.2) is 4.39 Å². The lowest BCUT2D eigenvalue weighted by Crippen LogP contribution is -2.31. The number of ketones is 1. The van der Waals surface area contributed by atoms with Crippen molar-refractivity contribution in [2.45, 2.75) is 0 Å². The van der Waals surface area contributed by atoms with Gasteiger partial charge in [0.2, 0.25) is 0 Å². The molecule has 0 saturated heterocycles. The van der Waals surface area contributed by atoms with Crippen molar-refractivity contribution in [3.05, 3.63) is 40.1 Å². The first-order valence-electron chi connectivity index (χ1n) is 4.65. The van der Waals surface area contributed by atoms with E-state index in [9.17, 15) is 14.0 Å². The van der Waals surface area contributed by atoms with Gasteiger partial charge in [-0.1, -0.05) is 29.3 Å². The third-order valence-electron chi connectivity index (χ3n) is 2.37. The number of benzene rings is 1. The summed E-state index contributed by atoms with van der Waals surface area (Å²) in [5, 5.41) is 0.143. The predicted octanol–water partition coefficient (Wildman–Crippen LogP) is 2.67. The second kappa shape index (κ2) is 4.47. The number of nitrogens with zero attached hydrogens (tertiary/aromatic N) is 1. The molecule has 17 heavy (non-hydrogen) atoms. The van der Waals surface area contributed by atoms with Gasteiger partial charge in [0.1, 0.15) is 5.82 Å². The second-order valence-corrected chi connectivity index (χ2v) is 4.12. The molecule has 0 atom stereocenters.